The largest absolute Gasteiger partial charge is 0.398 e. The fraction of sp³-hybridized carbons (Fsp3) is 0.214. The van der Waals surface area contributed by atoms with Gasteiger partial charge in [-0.2, -0.15) is 0 Å². The summed E-state index contributed by atoms with van der Waals surface area (Å²) in [6, 6.07) is 9.11. The average molecular weight is 280 g/mol. The minimum Gasteiger partial charge on any atom is -0.398 e. The average Bonchev–Trinajstić information content (AvgIpc) is 2.80. The van der Waals surface area contributed by atoms with E-state index < -0.39 is 0 Å². The lowest BCUT2D eigenvalue weighted by Crippen LogP contribution is -2.02. The second kappa shape index (κ2) is 5.55. The number of hydrogen-bond acceptors (Lipinski definition) is 3. The number of Topliss-reactive ketones (excluding diaryl/α,β-unsaturated/α-hetero) is 1. The molecule has 0 aliphatic rings. The zero-order valence-electron chi connectivity index (χ0n) is 10.1. The van der Waals surface area contributed by atoms with Crippen molar-refractivity contribution in [3.63, 3.8) is 0 Å². The molecule has 2 aromatic rings. The molecule has 0 aliphatic carbocycles. The van der Waals surface area contributed by atoms with Crippen LogP contribution in [0.3, 0.4) is 0 Å². The summed E-state index contributed by atoms with van der Waals surface area (Å²) in [4.78, 5) is 14.5. The SMILES string of the molecule is CCc1ccc(CC(=O)c2ccc(N)c(Cl)c2)s1. The van der Waals surface area contributed by atoms with Crippen LogP contribution in [0.4, 0.5) is 5.69 Å². The summed E-state index contributed by atoms with van der Waals surface area (Å²) in [5, 5.41) is 0.432. The van der Waals surface area contributed by atoms with Crippen molar-refractivity contribution < 1.29 is 4.79 Å². The number of halogens is 1. The molecular formula is C14H14ClNOS. The first-order valence-electron chi connectivity index (χ1n) is 5.76. The summed E-state index contributed by atoms with van der Waals surface area (Å²) in [5.74, 6) is 0.0707. The number of rotatable bonds is 4. The number of thiophene rings is 1. The molecule has 0 fully saturated rings. The number of nitrogens with two attached hydrogens (primary N) is 1. The molecule has 0 radical (unpaired) electrons. The topological polar surface area (TPSA) is 43.1 Å². The second-order valence-electron chi connectivity index (χ2n) is 4.06. The van der Waals surface area contributed by atoms with Gasteiger partial charge in [-0.1, -0.05) is 18.5 Å². The molecule has 0 saturated heterocycles. The van der Waals surface area contributed by atoms with Crippen molar-refractivity contribution in [3.05, 3.63) is 50.7 Å². The summed E-state index contributed by atoms with van der Waals surface area (Å²) in [6.07, 6.45) is 1.43. The van der Waals surface area contributed by atoms with Crippen LogP contribution in [-0.2, 0) is 12.8 Å². The highest BCUT2D eigenvalue weighted by molar-refractivity contribution is 7.12. The Labute approximate surface area is 115 Å². The molecule has 0 saturated carbocycles. The summed E-state index contributed by atoms with van der Waals surface area (Å²) < 4.78 is 0. The predicted molar refractivity (Wildman–Crippen MR) is 77.6 cm³/mol. The summed E-state index contributed by atoms with van der Waals surface area (Å²) in [7, 11) is 0. The van der Waals surface area contributed by atoms with Crippen LogP contribution >= 0.6 is 22.9 Å². The van der Waals surface area contributed by atoms with E-state index in [2.05, 4.69) is 13.0 Å². The normalized spacial score (nSPS) is 10.6. The number of anilines is 1. The minimum atomic E-state index is 0.0707. The van der Waals surface area contributed by atoms with E-state index in [9.17, 15) is 4.79 Å². The van der Waals surface area contributed by atoms with Gasteiger partial charge in [-0.05, 0) is 36.8 Å². The number of nitrogen functional groups attached to an aromatic ring is 1. The minimum absolute atomic E-state index is 0.0707. The number of benzene rings is 1. The van der Waals surface area contributed by atoms with E-state index in [1.54, 1.807) is 29.5 Å². The van der Waals surface area contributed by atoms with E-state index in [0.29, 0.717) is 22.7 Å². The van der Waals surface area contributed by atoms with Gasteiger partial charge in [0.1, 0.15) is 0 Å². The molecule has 1 heterocycles. The first-order valence-corrected chi connectivity index (χ1v) is 6.95. The molecule has 0 atom stereocenters. The zero-order valence-corrected chi connectivity index (χ0v) is 11.6. The number of aryl methyl sites for hydroxylation is 1. The smallest absolute Gasteiger partial charge is 0.168 e. The maximum absolute atomic E-state index is 12.1. The van der Waals surface area contributed by atoms with Gasteiger partial charge in [0.05, 0.1) is 10.7 Å². The van der Waals surface area contributed by atoms with Crippen molar-refractivity contribution in [2.75, 3.05) is 5.73 Å². The molecule has 4 heteroatoms. The Morgan fingerprint density at radius 1 is 1.28 bits per heavy atom. The van der Waals surface area contributed by atoms with Gasteiger partial charge >= 0.3 is 0 Å². The van der Waals surface area contributed by atoms with Gasteiger partial charge in [0.15, 0.2) is 5.78 Å². The van der Waals surface area contributed by atoms with Gasteiger partial charge in [-0.3, -0.25) is 4.79 Å². The Kier molecular flexibility index (Phi) is 4.04. The van der Waals surface area contributed by atoms with Crippen molar-refractivity contribution >= 4 is 34.4 Å². The number of ketones is 1. The highest BCUT2D eigenvalue weighted by Crippen LogP contribution is 2.22. The quantitative estimate of drug-likeness (QED) is 0.680. The Morgan fingerprint density at radius 3 is 2.61 bits per heavy atom. The molecule has 2 nitrogen and oxygen atoms in total. The number of carbonyl (C=O) groups is 1. The van der Waals surface area contributed by atoms with Crippen molar-refractivity contribution in [3.8, 4) is 0 Å². The van der Waals surface area contributed by atoms with Gasteiger partial charge in [-0.25, -0.2) is 0 Å². The van der Waals surface area contributed by atoms with Crippen LogP contribution in [0.5, 0.6) is 0 Å². The van der Waals surface area contributed by atoms with Gasteiger partial charge < -0.3 is 5.73 Å². The lowest BCUT2D eigenvalue weighted by atomic mass is 10.1. The van der Waals surface area contributed by atoms with Crippen LogP contribution < -0.4 is 5.73 Å². The maximum Gasteiger partial charge on any atom is 0.168 e. The summed E-state index contributed by atoms with van der Waals surface area (Å²) >= 11 is 7.60. The lowest BCUT2D eigenvalue weighted by molar-refractivity contribution is 0.0994. The third kappa shape index (κ3) is 2.92. The summed E-state index contributed by atoms with van der Waals surface area (Å²) in [6.45, 7) is 2.11. The van der Waals surface area contributed by atoms with E-state index in [1.165, 1.54) is 4.88 Å². The van der Waals surface area contributed by atoms with Crippen molar-refractivity contribution in [2.45, 2.75) is 19.8 Å². The molecule has 2 rings (SSSR count). The van der Waals surface area contributed by atoms with Crippen molar-refractivity contribution in [1.82, 2.24) is 0 Å². The van der Waals surface area contributed by atoms with Gasteiger partial charge in [0, 0.05) is 21.7 Å². The van der Waals surface area contributed by atoms with Crippen LogP contribution in [0.15, 0.2) is 30.3 Å². The van der Waals surface area contributed by atoms with Crippen LogP contribution in [0, 0.1) is 0 Å². The zero-order chi connectivity index (χ0) is 13.1. The van der Waals surface area contributed by atoms with E-state index in [1.807, 2.05) is 6.07 Å². The van der Waals surface area contributed by atoms with Crippen LogP contribution in [0.2, 0.25) is 5.02 Å². The second-order valence-corrected chi connectivity index (χ2v) is 5.72. The Bertz CT molecular complexity index is 577. The number of hydrogen-bond donors (Lipinski definition) is 1. The maximum atomic E-state index is 12.1. The first kappa shape index (κ1) is 13.1. The fourth-order valence-electron chi connectivity index (χ4n) is 1.67. The Balaban J connectivity index is 2.14. The fourth-order valence-corrected chi connectivity index (χ4v) is 2.81. The van der Waals surface area contributed by atoms with Gasteiger partial charge in [0.25, 0.3) is 0 Å². The molecule has 94 valence electrons. The van der Waals surface area contributed by atoms with Crippen LogP contribution in [0.1, 0.15) is 27.0 Å². The van der Waals surface area contributed by atoms with E-state index in [-0.39, 0.29) is 5.78 Å². The highest BCUT2D eigenvalue weighted by atomic mass is 35.5. The molecule has 0 aliphatic heterocycles. The van der Waals surface area contributed by atoms with Crippen molar-refractivity contribution in [1.29, 1.82) is 0 Å². The Hall–Kier alpha value is -1.32. The monoisotopic (exact) mass is 279 g/mol. The molecular weight excluding hydrogens is 266 g/mol. The van der Waals surface area contributed by atoms with Crippen LogP contribution in [0.25, 0.3) is 0 Å². The number of carbonyl (C=O) groups excluding carboxylic acids is 1. The van der Waals surface area contributed by atoms with E-state index in [4.69, 9.17) is 17.3 Å². The first-order chi connectivity index (χ1) is 8.60. The third-order valence-corrected chi connectivity index (χ3v) is 4.28. The third-order valence-electron chi connectivity index (χ3n) is 2.72. The lowest BCUT2D eigenvalue weighted by Gasteiger charge is -2.02. The predicted octanol–water partition coefficient (Wildman–Crippen LogP) is 3.97. The Morgan fingerprint density at radius 2 is 2.00 bits per heavy atom. The van der Waals surface area contributed by atoms with E-state index >= 15 is 0 Å². The van der Waals surface area contributed by atoms with Gasteiger partial charge in [0.2, 0.25) is 0 Å². The summed E-state index contributed by atoms with van der Waals surface area (Å²) in [5.41, 5.74) is 6.73. The molecule has 0 unspecified atom stereocenters. The highest BCUT2D eigenvalue weighted by Gasteiger charge is 2.10. The molecule has 0 spiro atoms. The van der Waals surface area contributed by atoms with Crippen LogP contribution in [-0.4, -0.2) is 5.78 Å². The standard InChI is InChI=1S/C14H14ClNOS/c1-2-10-4-5-11(18-10)8-14(17)9-3-6-13(16)12(15)7-9/h3-7H,2,8,16H2,1H3. The molecule has 1 aromatic carbocycles. The molecule has 18 heavy (non-hydrogen) atoms. The molecule has 0 amide bonds. The molecule has 0 bridgehead atoms. The molecule has 1 aromatic heterocycles. The van der Waals surface area contributed by atoms with Gasteiger partial charge in [-0.15, -0.1) is 11.3 Å². The van der Waals surface area contributed by atoms with E-state index in [0.717, 1.165) is 11.3 Å². The van der Waals surface area contributed by atoms with Crippen molar-refractivity contribution in [2.24, 2.45) is 0 Å². The molecule has 2 N–H and O–H groups in total.